The highest BCUT2D eigenvalue weighted by atomic mass is 19.1. The first kappa shape index (κ1) is 25.4. The molecular formula is C33H26FNO5. The van der Waals surface area contributed by atoms with Crippen LogP contribution in [0, 0.1) is 12.7 Å². The molecule has 0 fully saturated rings. The molecule has 4 aromatic carbocycles. The van der Waals surface area contributed by atoms with Crippen molar-refractivity contribution in [3.8, 4) is 11.5 Å². The fourth-order valence-corrected chi connectivity index (χ4v) is 5.14. The third kappa shape index (κ3) is 4.60. The molecule has 0 saturated carbocycles. The lowest BCUT2D eigenvalue weighted by molar-refractivity contribution is 0.0714. The number of ether oxygens (including phenoxy) is 2. The monoisotopic (exact) mass is 535 g/mol. The van der Waals surface area contributed by atoms with Gasteiger partial charge < -0.3 is 18.8 Å². The standard InChI is InChI=1S/C33H26FNO5/c1-20-8-14-26-25(16-20)31(36)29-30(35(33(37)32(29)40-26)18-21-9-12-24(34)13-10-21)23-11-15-27(28(17-23)38-2)39-19-22-6-4-3-5-7-22/h3-17,30H,18-19H2,1-2H3. The van der Waals surface area contributed by atoms with Gasteiger partial charge in [0.2, 0.25) is 5.76 Å². The van der Waals surface area contributed by atoms with Gasteiger partial charge in [0.15, 0.2) is 16.9 Å². The number of carbonyl (C=O) groups excluding carboxylic acids is 1. The second kappa shape index (κ2) is 10.3. The molecular weight excluding hydrogens is 509 g/mol. The van der Waals surface area contributed by atoms with Crippen molar-refractivity contribution in [2.75, 3.05) is 7.11 Å². The average molecular weight is 536 g/mol. The molecule has 0 radical (unpaired) electrons. The Hall–Kier alpha value is -4.91. The molecule has 200 valence electrons. The molecule has 1 aromatic heterocycles. The Bertz CT molecular complexity index is 1780. The molecule has 1 atom stereocenters. The van der Waals surface area contributed by atoms with Crippen molar-refractivity contribution in [2.45, 2.75) is 26.1 Å². The van der Waals surface area contributed by atoms with Crippen LogP contribution in [0.25, 0.3) is 11.0 Å². The first-order valence-electron chi connectivity index (χ1n) is 12.9. The lowest BCUT2D eigenvalue weighted by atomic mass is 9.97. The summed E-state index contributed by atoms with van der Waals surface area (Å²) >= 11 is 0. The maximum absolute atomic E-state index is 13.9. The zero-order chi connectivity index (χ0) is 27.8. The van der Waals surface area contributed by atoms with E-state index in [9.17, 15) is 14.0 Å². The van der Waals surface area contributed by atoms with Crippen LogP contribution in [-0.4, -0.2) is 17.9 Å². The summed E-state index contributed by atoms with van der Waals surface area (Å²) in [4.78, 5) is 29.2. The summed E-state index contributed by atoms with van der Waals surface area (Å²) in [6.07, 6.45) is 0. The van der Waals surface area contributed by atoms with Crippen LogP contribution in [0.5, 0.6) is 11.5 Å². The number of benzene rings is 4. The van der Waals surface area contributed by atoms with Gasteiger partial charge >= 0.3 is 0 Å². The van der Waals surface area contributed by atoms with Crippen LogP contribution in [0.4, 0.5) is 4.39 Å². The lowest BCUT2D eigenvalue weighted by Gasteiger charge is -2.26. The first-order chi connectivity index (χ1) is 19.4. The summed E-state index contributed by atoms with van der Waals surface area (Å²) in [6.45, 7) is 2.40. The topological polar surface area (TPSA) is 69.0 Å². The predicted molar refractivity (Wildman–Crippen MR) is 149 cm³/mol. The van der Waals surface area contributed by atoms with E-state index in [1.54, 1.807) is 48.4 Å². The molecule has 1 unspecified atom stereocenters. The van der Waals surface area contributed by atoms with Crippen LogP contribution in [0.15, 0.2) is 100 Å². The van der Waals surface area contributed by atoms with E-state index in [2.05, 4.69) is 0 Å². The number of halogens is 1. The Morgan fingerprint density at radius 1 is 0.875 bits per heavy atom. The second-order valence-electron chi connectivity index (χ2n) is 9.82. The fraction of sp³-hybridized carbons (Fsp3) is 0.152. The van der Waals surface area contributed by atoms with Crippen LogP contribution >= 0.6 is 0 Å². The Kier molecular flexibility index (Phi) is 6.56. The molecule has 0 bridgehead atoms. The van der Waals surface area contributed by atoms with Gasteiger partial charge in [-0.05, 0) is 60.0 Å². The van der Waals surface area contributed by atoms with Gasteiger partial charge in [-0.25, -0.2) is 4.39 Å². The quantitative estimate of drug-likeness (QED) is 0.236. The fourth-order valence-electron chi connectivity index (χ4n) is 5.14. The van der Waals surface area contributed by atoms with E-state index < -0.39 is 11.9 Å². The van der Waals surface area contributed by atoms with Gasteiger partial charge in [0, 0.05) is 6.54 Å². The highest BCUT2D eigenvalue weighted by Gasteiger charge is 2.43. The molecule has 7 heteroatoms. The molecule has 6 rings (SSSR count). The first-order valence-corrected chi connectivity index (χ1v) is 12.9. The minimum atomic E-state index is -0.745. The Labute approximate surface area is 230 Å². The molecule has 0 spiro atoms. The van der Waals surface area contributed by atoms with Crippen LogP contribution in [0.1, 0.15) is 44.4 Å². The summed E-state index contributed by atoms with van der Waals surface area (Å²) in [5.41, 5.74) is 3.66. The molecule has 6 nitrogen and oxygen atoms in total. The van der Waals surface area contributed by atoms with Crippen molar-refractivity contribution >= 4 is 16.9 Å². The van der Waals surface area contributed by atoms with Crippen molar-refractivity contribution in [2.24, 2.45) is 0 Å². The van der Waals surface area contributed by atoms with Crippen molar-refractivity contribution < 1.29 is 23.1 Å². The molecule has 0 saturated heterocycles. The predicted octanol–water partition coefficient (Wildman–Crippen LogP) is 6.57. The van der Waals surface area contributed by atoms with Crippen molar-refractivity contribution in [3.63, 3.8) is 0 Å². The molecule has 1 aliphatic heterocycles. The summed E-state index contributed by atoms with van der Waals surface area (Å²) in [5, 5.41) is 0.412. The van der Waals surface area contributed by atoms with Gasteiger partial charge in [-0.3, -0.25) is 9.59 Å². The van der Waals surface area contributed by atoms with Gasteiger partial charge in [0.1, 0.15) is 18.0 Å². The molecule has 0 N–H and O–H groups in total. The van der Waals surface area contributed by atoms with Gasteiger partial charge in [-0.15, -0.1) is 0 Å². The average Bonchev–Trinajstić information content (AvgIpc) is 3.25. The second-order valence-corrected chi connectivity index (χ2v) is 9.82. The third-order valence-electron chi connectivity index (χ3n) is 7.13. The van der Waals surface area contributed by atoms with Crippen LogP contribution in [0.3, 0.4) is 0 Å². The van der Waals surface area contributed by atoms with Crippen molar-refractivity contribution in [3.05, 3.63) is 141 Å². The van der Waals surface area contributed by atoms with Crippen molar-refractivity contribution in [1.82, 2.24) is 4.90 Å². The number of hydrogen-bond acceptors (Lipinski definition) is 5. The molecule has 1 aliphatic rings. The normalized spacial score (nSPS) is 14.4. The van der Waals surface area contributed by atoms with E-state index in [1.807, 2.05) is 49.4 Å². The molecule has 2 heterocycles. The molecule has 5 aromatic rings. The number of methoxy groups -OCH3 is 1. The smallest absolute Gasteiger partial charge is 0.291 e. The zero-order valence-corrected chi connectivity index (χ0v) is 22.0. The summed E-state index contributed by atoms with van der Waals surface area (Å²) in [7, 11) is 1.54. The Morgan fingerprint density at radius 3 is 2.40 bits per heavy atom. The largest absolute Gasteiger partial charge is 0.493 e. The maximum atomic E-state index is 13.9. The highest BCUT2D eigenvalue weighted by molar-refractivity contribution is 5.99. The van der Waals surface area contributed by atoms with E-state index in [0.717, 1.165) is 16.7 Å². The minimum Gasteiger partial charge on any atom is -0.493 e. The van der Waals surface area contributed by atoms with Crippen LogP contribution in [0.2, 0.25) is 0 Å². The van der Waals surface area contributed by atoms with Gasteiger partial charge in [-0.1, -0.05) is 60.2 Å². The lowest BCUT2D eigenvalue weighted by Crippen LogP contribution is -2.29. The molecule has 40 heavy (non-hydrogen) atoms. The van der Waals surface area contributed by atoms with Gasteiger partial charge in [0.25, 0.3) is 5.91 Å². The van der Waals surface area contributed by atoms with E-state index in [1.165, 1.54) is 12.1 Å². The van der Waals surface area contributed by atoms with E-state index in [-0.39, 0.29) is 29.1 Å². The maximum Gasteiger partial charge on any atom is 0.291 e. The number of carbonyl (C=O) groups is 1. The summed E-state index contributed by atoms with van der Waals surface area (Å²) < 4.78 is 31.3. The minimum absolute atomic E-state index is 0.0110. The Balaban J connectivity index is 1.45. The van der Waals surface area contributed by atoms with Gasteiger partial charge in [0.05, 0.1) is 24.1 Å². The number of hydrogen-bond donors (Lipinski definition) is 0. The third-order valence-corrected chi connectivity index (χ3v) is 7.13. The molecule has 1 amide bonds. The van der Waals surface area contributed by atoms with E-state index >= 15 is 0 Å². The van der Waals surface area contributed by atoms with Crippen LogP contribution < -0.4 is 14.9 Å². The summed E-state index contributed by atoms with van der Waals surface area (Å²) in [5.74, 6) is 0.234. The van der Waals surface area contributed by atoms with Crippen molar-refractivity contribution in [1.29, 1.82) is 0 Å². The Morgan fingerprint density at radius 2 is 1.65 bits per heavy atom. The van der Waals surface area contributed by atoms with E-state index in [0.29, 0.717) is 34.6 Å². The number of fused-ring (bicyclic) bond motifs is 2. The summed E-state index contributed by atoms with van der Waals surface area (Å²) in [6, 6.07) is 25.7. The number of rotatable bonds is 7. The van der Waals surface area contributed by atoms with Crippen LogP contribution in [-0.2, 0) is 13.2 Å². The SMILES string of the molecule is COc1cc(C2c3c(oc4ccc(C)cc4c3=O)C(=O)N2Cc2ccc(F)cc2)ccc1OCc1ccccc1. The number of aryl methyl sites for hydroxylation is 1. The highest BCUT2D eigenvalue weighted by Crippen LogP contribution is 2.42. The molecule has 0 aliphatic carbocycles. The number of amides is 1. The van der Waals surface area contributed by atoms with Gasteiger partial charge in [-0.2, -0.15) is 0 Å². The zero-order valence-electron chi connectivity index (χ0n) is 22.0. The number of nitrogens with zero attached hydrogens (tertiary/aromatic N) is 1. The van der Waals surface area contributed by atoms with E-state index in [4.69, 9.17) is 13.9 Å².